The number of ether oxygens (including phenoxy) is 2. The Hall–Kier alpha value is -2.17. The molecule has 0 atom stereocenters. The van der Waals surface area contributed by atoms with Crippen molar-refractivity contribution < 1.29 is 17.9 Å². The Morgan fingerprint density at radius 1 is 1.03 bits per heavy atom. The maximum Gasteiger partial charge on any atom is 0.324 e. The van der Waals surface area contributed by atoms with Crippen molar-refractivity contribution in [2.45, 2.75) is 32.2 Å². The molecule has 1 aromatic carbocycles. The predicted octanol–water partition coefficient (Wildman–Crippen LogP) is 1.32. The molecule has 0 saturated carbocycles. The topological polar surface area (TPSA) is 105 Å². The van der Waals surface area contributed by atoms with Crippen LogP contribution in [0.3, 0.4) is 0 Å². The number of likely N-dealkylation sites (tertiary alicyclic amines) is 1. The van der Waals surface area contributed by atoms with E-state index in [1.807, 2.05) is 12.1 Å². The summed E-state index contributed by atoms with van der Waals surface area (Å²) in [6, 6.07) is 8.21. The van der Waals surface area contributed by atoms with Crippen LogP contribution in [0.1, 0.15) is 31.2 Å². The van der Waals surface area contributed by atoms with E-state index in [0.717, 1.165) is 12.3 Å². The van der Waals surface area contributed by atoms with Crippen molar-refractivity contribution in [2.24, 2.45) is 9.98 Å². The second-order valence-corrected chi connectivity index (χ2v) is 8.76. The predicted molar refractivity (Wildman–Crippen MR) is 117 cm³/mol. The zero-order valence-electron chi connectivity index (χ0n) is 17.5. The van der Waals surface area contributed by atoms with Crippen LogP contribution in [0.15, 0.2) is 34.3 Å². The monoisotopic (exact) mass is 437 g/mol. The zero-order chi connectivity index (χ0) is 21.2. The highest BCUT2D eigenvalue weighted by Gasteiger charge is 2.27. The van der Waals surface area contributed by atoms with E-state index in [2.05, 4.69) is 36.5 Å². The molecule has 0 radical (unpaired) electrons. The van der Waals surface area contributed by atoms with Crippen LogP contribution < -0.4 is 14.2 Å². The Kier molecular flexibility index (Phi) is 8.47. The van der Waals surface area contributed by atoms with Crippen LogP contribution in [0.4, 0.5) is 0 Å². The van der Waals surface area contributed by atoms with Crippen molar-refractivity contribution in [3.8, 4) is 5.75 Å². The molecule has 2 N–H and O–H groups in total. The highest BCUT2D eigenvalue weighted by Crippen LogP contribution is 2.17. The van der Waals surface area contributed by atoms with Crippen molar-refractivity contribution in [1.82, 2.24) is 14.3 Å². The van der Waals surface area contributed by atoms with E-state index in [4.69, 9.17) is 9.47 Å². The Bertz CT molecular complexity index is 851. The van der Waals surface area contributed by atoms with Gasteiger partial charge in [-0.15, -0.1) is 0 Å². The van der Waals surface area contributed by atoms with E-state index >= 15 is 0 Å². The summed E-state index contributed by atoms with van der Waals surface area (Å²) in [6.07, 6.45) is 4.56. The molecule has 2 fully saturated rings. The van der Waals surface area contributed by atoms with Crippen LogP contribution in [0, 0.1) is 0 Å². The van der Waals surface area contributed by atoms with E-state index in [9.17, 15) is 8.42 Å². The number of aliphatic imine (C=N–C) groups is 2. The lowest BCUT2D eigenvalue weighted by atomic mass is 10.1. The lowest BCUT2D eigenvalue weighted by Gasteiger charge is -2.26. The minimum Gasteiger partial charge on any atom is -0.494 e. The largest absolute Gasteiger partial charge is 0.494 e. The van der Waals surface area contributed by atoms with Crippen molar-refractivity contribution in [2.75, 3.05) is 46.5 Å². The summed E-state index contributed by atoms with van der Waals surface area (Å²) in [4.78, 5) is 11.0. The molecule has 2 aliphatic rings. The summed E-state index contributed by atoms with van der Waals surface area (Å²) in [6.45, 7) is 4.98. The molecular formula is C20H31N5O4S. The molecular weight excluding hydrogens is 406 g/mol. The van der Waals surface area contributed by atoms with E-state index in [1.54, 1.807) is 7.11 Å². The summed E-state index contributed by atoms with van der Waals surface area (Å²) >= 11 is 0. The molecule has 2 aliphatic heterocycles. The van der Waals surface area contributed by atoms with E-state index in [1.165, 1.54) is 37.9 Å². The minimum absolute atomic E-state index is 0.221. The second kappa shape index (κ2) is 11.3. The fraction of sp³-hybridized carbons (Fsp3) is 0.600. The van der Waals surface area contributed by atoms with Crippen LogP contribution in [0.2, 0.25) is 0 Å². The third-order valence-corrected chi connectivity index (χ3v) is 5.77. The molecule has 9 nitrogen and oxygen atoms in total. The van der Waals surface area contributed by atoms with Crippen molar-refractivity contribution >= 4 is 21.9 Å². The summed E-state index contributed by atoms with van der Waals surface area (Å²) < 4.78 is 38.9. The molecule has 0 aromatic heterocycles. The SMILES string of the molecule is COCCN=C1NS(=O)(=O)NC1=NCCCOc1cccc(CN2CCCCC2)c1. The van der Waals surface area contributed by atoms with Gasteiger partial charge in [-0.1, -0.05) is 18.6 Å². The van der Waals surface area contributed by atoms with Crippen molar-refractivity contribution in [3.63, 3.8) is 0 Å². The Labute approximate surface area is 178 Å². The molecule has 10 heteroatoms. The lowest BCUT2D eigenvalue weighted by Crippen LogP contribution is -2.29. The van der Waals surface area contributed by atoms with E-state index in [-0.39, 0.29) is 11.7 Å². The average Bonchev–Trinajstić information content (AvgIpc) is 3.02. The molecule has 2 heterocycles. The smallest absolute Gasteiger partial charge is 0.324 e. The molecule has 0 spiro atoms. The van der Waals surface area contributed by atoms with Crippen LogP contribution in [-0.2, 0) is 21.5 Å². The maximum absolute atomic E-state index is 11.7. The molecule has 30 heavy (non-hydrogen) atoms. The molecule has 0 unspecified atom stereocenters. The lowest BCUT2D eigenvalue weighted by molar-refractivity contribution is 0.208. The van der Waals surface area contributed by atoms with Crippen molar-refractivity contribution in [3.05, 3.63) is 29.8 Å². The molecule has 0 aliphatic carbocycles. The Balaban J connectivity index is 1.45. The van der Waals surface area contributed by atoms with Gasteiger partial charge < -0.3 is 9.47 Å². The van der Waals surface area contributed by atoms with Gasteiger partial charge in [0.2, 0.25) is 0 Å². The normalized spacial score (nSPS) is 21.5. The molecule has 0 amide bonds. The van der Waals surface area contributed by atoms with Gasteiger partial charge in [-0.3, -0.25) is 14.9 Å². The molecule has 0 bridgehead atoms. The average molecular weight is 438 g/mol. The van der Waals surface area contributed by atoms with Gasteiger partial charge in [0.05, 0.1) is 19.8 Å². The molecule has 2 saturated heterocycles. The first kappa shape index (κ1) is 22.5. The first-order valence-electron chi connectivity index (χ1n) is 10.4. The summed E-state index contributed by atoms with van der Waals surface area (Å²) in [7, 11) is -2.06. The zero-order valence-corrected chi connectivity index (χ0v) is 18.3. The number of methoxy groups -OCH3 is 1. The van der Waals surface area contributed by atoms with Gasteiger partial charge in [-0.2, -0.15) is 8.42 Å². The standard InChI is InChI=1S/C20H31N5O4S/c1-28-14-10-22-20-19(23-30(26,27)24-20)21-9-6-13-29-18-8-5-7-17(15-18)16-25-11-3-2-4-12-25/h5,7-8,15H,2-4,6,9-14,16H2,1H3,(H,21,23)(H,22,24). The summed E-state index contributed by atoms with van der Waals surface area (Å²) in [5, 5.41) is 0. The number of hydrogen-bond donors (Lipinski definition) is 2. The number of benzene rings is 1. The van der Waals surface area contributed by atoms with Crippen LogP contribution in [0.25, 0.3) is 0 Å². The molecule has 1 aromatic rings. The quantitative estimate of drug-likeness (QED) is 0.537. The number of rotatable bonds is 10. The first-order valence-corrected chi connectivity index (χ1v) is 11.9. The van der Waals surface area contributed by atoms with Gasteiger partial charge in [0.1, 0.15) is 5.75 Å². The van der Waals surface area contributed by atoms with Gasteiger partial charge in [-0.05, 0) is 43.6 Å². The summed E-state index contributed by atoms with van der Waals surface area (Å²) in [5.41, 5.74) is 1.26. The highest BCUT2D eigenvalue weighted by atomic mass is 32.2. The number of nitrogens with one attached hydrogen (secondary N) is 2. The number of amidine groups is 2. The van der Waals surface area contributed by atoms with Gasteiger partial charge in [-0.25, -0.2) is 9.44 Å². The van der Waals surface area contributed by atoms with Gasteiger partial charge >= 0.3 is 10.2 Å². The number of nitrogens with zero attached hydrogens (tertiary/aromatic N) is 3. The molecule has 166 valence electrons. The fourth-order valence-electron chi connectivity index (χ4n) is 3.39. The Morgan fingerprint density at radius 2 is 1.77 bits per heavy atom. The van der Waals surface area contributed by atoms with Crippen LogP contribution in [-0.4, -0.2) is 71.5 Å². The van der Waals surface area contributed by atoms with Gasteiger partial charge in [0.25, 0.3) is 0 Å². The van der Waals surface area contributed by atoms with Gasteiger partial charge in [0.15, 0.2) is 11.7 Å². The maximum atomic E-state index is 11.7. The fourth-order valence-corrected chi connectivity index (χ4v) is 4.28. The third kappa shape index (κ3) is 7.26. The second-order valence-electron chi connectivity index (χ2n) is 7.35. The van der Waals surface area contributed by atoms with Crippen LogP contribution >= 0.6 is 0 Å². The van der Waals surface area contributed by atoms with E-state index < -0.39 is 10.2 Å². The third-order valence-electron chi connectivity index (χ3n) is 4.85. The van der Waals surface area contributed by atoms with Gasteiger partial charge in [0, 0.05) is 26.6 Å². The first-order chi connectivity index (χ1) is 14.6. The minimum atomic E-state index is -3.62. The number of piperidine rings is 1. The summed E-state index contributed by atoms with van der Waals surface area (Å²) in [5.74, 6) is 1.30. The molecule has 3 rings (SSSR count). The van der Waals surface area contributed by atoms with Crippen LogP contribution in [0.5, 0.6) is 5.75 Å². The Morgan fingerprint density at radius 3 is 2.50 bits per heavy atom. The number of hydrogen-bond acceptors (Lipinski definition) is 7. The van der Waals surface area contributed by atoms with Crippen molar-refractivity contribution in [1.29, 1.82) is 0 Å². The highest BCUT2D eigenvalue weighted by molar-refractivity contribution is 7.89. The van der Waals surface area contributed by atoms with E-state index in [0.29, 0.717) is 32.7 Å².